The molecule has 0 aliphatic heterocycles. The Hall–Kier alpha value is -1.56. The molecule has 24 heavy (non-hydrogen) atoms. The van der Waals surface area contributed by atoms with Crippen molar-refractivity contribution < 1.29 is 23.7 Å². The highest BCUT2D eigenvalue weighted by molar-refractivity contribution is 7.46. The van der Waals surface area contributed by atoms with Gasteiger partial charge in [0.15, 0.2) is 0 Å². The molecule has 4 N–H and O–H groups in total. The molecule has 0 saturated heterocycles. The Bertz CT molecular complexity index is 576. The first-order chi connectivity index (χ1) is 11.4. The van der Waals surface area contributed by atoms with Gasteiger partial charge in [-0.1, -0.05) is 55.5 Å². The zero-order valence-corrected chi connectivity index (χ0v) is 15.0. The SMILES string of the molecule is CCC(=O)CCCOP(=O)(O)O.CN.c1ccc2ccccc2c1. The first kappa shape index (κ1) is 22.4. The number of fused-ring (bicyclic) bond motifs is 1. The molecule has 0 spiro atoms. The minimum Gasteiger partial charge on any atom is -0.333 e. The Labute approximate surface area is 142 Å². The second kappa shape index (κ2) is 12.8. The molecule has 0 atom stereocenters. The average Bonchev–Trinajstić information content (AvgIpc) is 2.60. The summed E-state index contributed by atoms with van der Waals surface area (Å²) in [5.41, 5.74) is 4.50. The average molecular weight is 355 g/mol. The quantitative estimate of drug-likeness (QED) is 0.542. The molecule has 0 amide bonds. The standard InChI is InChI=1S/C10H8.C6H13O5P.CH5N/c1-2-6-10-8-4-3-7-9(10)5-1;1-2-6(7)4-3-5-11-12(8,9)10;1-2/h1-8H;2-5H2,1H3,(H2,8,9,10);2H2,1H3. The van der Waals surface area contributed by atoms with Crippen LogP contribution >= 0.6 is 7.82 Å². The third-order valence-electron chi connectivity index (χ3n) is 2.91. The van der Waals surface area contributed by atoms with E-state index in [-0.39, 0.29) is 12.4 Å². The summed E-state index contributed by atoms with van der Waals surface area (Å²) < 4.78 is 14.3. The van der Waals surface area contributed by atoms with Crippen molar-refractivity contribution in [2.45, 2.75) is 26.2 Å². The van der Waals surface area contributed by atoms with E-state index < -0.39 is 7.82 Å². The number of phosphoric acid groups is 1. The zero-order valence-electron chi connectivity index (χ0n) is 14.1. The highest BCUT2D eigenvalue weighted by Crippen LogP contribution is 2.35. The molecule has 2 rings (SSSR count). The van der Waals surface area contributed by atoms with E-state index in [0.717, 1.165) is 0 Å². The van der Waals surface area contributed by atoms with Gasteiger partial charge in [0.05, 0.1) is 6.61 Å². The van der Waals surface area contributed by atoms with Gasteiger partial charge in [-0.15, -0.1) is 0 Å². The Balaban J connectivity index is 0.000000402. The van der Waals surface area contributed by atoms with Gasteiger partial charge in [0, 0.05) is 12.8 Å². The fourth-order valence-corrected chi connectivity index (χ4v) is 2.13. The molecule has 0 aromatic heterocycles. The smallest absolute Gasteiger partial charge is 0.333 e. The Morgan fingerprint density at radius 3 is 1.79 bits per heavy atom. The Morgan fingerprint density at radius 1 is 1.04 bits per heavy atom. The zero-order chi connectivity index (χ0) is 18.4. The molecule has 0 saturated carbocycles. The number of carbonyl (C=O) groups is 1. The molecule has 0 unspecified atom stereocenters. The van der Waals surface area contributed by atoms with E-state index in [9.17, 15) is 9.36 Å². The summed E-state index contributed by atoms with van der Waals surface area (Å²) in [6, 6.07) is 16.7. The van der Waals surface area contributed by atoms with Crippen molar-refractivity contribution in [1.29, 1.82) is 0 Å². The third-order valence-corrected chi connectivity index (χ3v) is 3.43. The van der Waals surface area contributed by atoms with Crippen molar-refractivity contribution in [2.75, 3.05) is 13.7 Å². The lowest BCUT2D eigenvalue weighted by Crippen LogP contribution is -1.98. The molecule has 2 aromatic carbocycles. The van der Waals surface area contributed by atoms with E-state index in [0.29, 0.717) is 19.3 Å². The van der Waals surface area contributed by atoms with E-state index in [4.69, 9.17) is 9.79 Å². The monoisotopic (exact) mass is 355 g/mol. The van der Waals surface area contributed by atoms with E-state index >= 15 is 0 Å². The molecule has 0 fully saturated rings. The molecule has 2 aromatic rings. The number of hydrogen-bond donors (Lipinski definition) is 3. The lowest BCUT2D eigenvalue weighted by molar-refractivity contribution is -0.119. The number of hydrogen-bond acceptors (Lipinski definition) is 4. The summed E-state index contributed by atoms with van der Waals surface area (Å²) >= 11 is 0. The van der Waals surface area contributed by atoms with Crippen LogP contribution in [0.5, 0.6) is 0 Å². The van der Waals surface area contributed by atoms with Crippen molar-refractivity contribution in [3.05, 3.63) is 48.5 Å². The number of phosphoric ester groups is 1. The highest BCUT2D eigenvalue weighted by atomic mass is 31.2. The van der Waals surface area contributed by atoms with Gasteiger partial charge in [-0.2, -0.15) is 0 Å². The number of ketones is 1. The van der Waals surface area contributed by atoms with Gasteiger partial charge in [0.2, 0.25) is 0 Å². The van der Waals surface area contributed by atoms with E-state index in [1.54, 1.807) is 6.92 Å². The maximum absolute atomic E-state index is 10.7. The van der Waals surface area contributed by atoms with E-state index in [1.807, 2.05) is 0 Å². The largest absolute Gasteiger partial charge is 0.469 e. The van der Waals surface area contributed by atoms with Crippen molar-refractivity contribution in [2.24, 2.45) is 5.73 Å². The highest BCUT2D eigenvalue weighted by Gasteiger charge is 2.12. The van der Waals surface area contributed by atoms with E-state index in [1.165, 1.54) is 17.8 Å². The topological polar surface area (TPSA) is 110 Å². The van der Waals surface area contributed by atoms with Crippen molar-refractivity contribution in [1.82, 2.24) is 0 Å². The maximum atomic E-state index is 10.7. The van der Waals surface area contributed by atoms with Crippen molar-refractivity contribution in [3.63, 3.8) is 0 Å². The van der Waals surface area contributed by atoms with Crippen LogP contribution in [-0.4, -0.2) is 29.2 Å². The van der Waals surface area contributed by atoms with Gasteiger partial charge in [0.1, 0.15) is 5.78 Å². The van der Waals surface area contributed by atoms with Gasteiger partial charge >= 0.3 is 7.82 Å². The number of rotatable bonds is 6. The molecule has 0 radical (unpaired) electrons. The predicted molar refractivity (Wildman–Crippen MR) is 96.6 cm³/mol. The minimum absolute atomic E-state index is 0.0734. The minimum atomic E-state index is -4.35. The molecule has 0 heterocycles. The van der Waals surface area contributed by atoms with Gasteiger partial charge in [0.25, 0.3) is 0 Å². The summed E-state index contributed by atoms with van der Waals surface area (Å²) in [5, 5.41) is 2.62. The normalized spacial score (nSPS) is 10.2. The summed E-state index contributed by atoms with van der Waals surface area (Å²) in [5.74, 6) is 0.0734. The summed E-state index contributed by atoms with van der Waals surface area (Å²) in [6.07, 6.45) is 1.13. The summed E-state index contributed by atoms with van der Waals surface area (Å²) in [4.78, 5) is 27.2. The molecule has 0 aliphatic rings. The van der Waals surface area contributed by atoms with Gasteiger partial charge in [-0.25, -0.2) is 4.57 Å². The van der Waals surface area contributed by atoms with E-state index in [2.05, 4.69) is 58.8 Å². The van der Waals surface area contributed by atoms with Crippen molar-refractivity contribution in [3.8, 4) is 0 Å². The van der Waals surface area contributed by atoms with Crippen LogP contribution in [0, 0.1) is 0 Å². The molecule has 6 nitrogen and oxygen atoms in total. The molecule has 7 heteroatoms. The first-order valence-electron chi connectivity index (χ1n) is 7.65. The van der Waals surface area contributed by atoms with Crippen LogP contribution in [0.25, 0.3) is 10.8 Å². The first-order valence-corrected chi connectivity index (χ1v) is 9.18. The van der Waals surface area contributed by atoms with Crippen LogP contribution < -0.4 is 5.73 Å². The van der Waals surface area contributed by atoms with Gasteiger partial charge in [-0.3, -0.25) is 9.32 Å². The third kappa shape index (κ3) is 11.0. The number of benzene rings is 2. The van der Waals surface area contributed by atoms with Gasteiger partial charge in [-0.05, 0) is 24.2 Å². The maximum Gasteiger partial charge on any atom is 0.469 e. The summed E-state index contributed by atoms with van der Waals surface area (Å²) in [6.45, 7) is 1.67. The van der Waals surface area contributed by atoms with Crippen LogP contribution in [-0.2, 0) is 13.9 Å². The fourth-order valence-electron chi connectivity index (χ4n) is 1.76. The molecule has 0 aliphatic carbocycles. The molecule has 134 valence electrons. The lowest BCUT2D eigenvalue weighted by Gasteiger charge is -2.03. The lowest BCUT2D eigenvalue weighted by atomic mass is 10.1. The molecular formula is C17H26NO5P. The summed E-state index contributed by atoms with van der Waals surface area (Å²) in [7, 11) is -2.85. The van der Waals surface area contributed by atoms with Gasteiger partial charge < -0.3 is 15.5 Å². The Kier molecular flexibility index (Phi) is 12.0. The fraction of sp³-hybridized carbons (Fsp3) is 0.353. The van der Waals surface area contributed by atoms with Crippen LogP contribution in [0.2, 0.25) is 0 Å². The number of nitrogens with two attached hydrogens (primary N) is 1. The number of carbonyl (C=O) groups excluding carboxylic acids is 1. The van der Waals surface area contributed by atoms with Crippen molar-refractivity contribution >= 4 is 24.4 Å². The molecular weight excluding hydrogens is 329 g/mol. The van der Waals surface area contributed by atoms with Crippen LogP contribution in [0.3, 0.4) is 0 Å². The Morgan fingerprint density at radius 2 is 1.46 bits per heavy atom. The predicted octanol–water partition coefficient (Wildman–Crippen LogP) is 3.27. The second-order valence-electron chi connectivity index (χ2n) is 4.67. The van der Waals surface area contributed by atoms with Crippen LogP contribution in [0.15, 0.2) is 48.5 Å². The van der Waals surface area contributed by atoms with Crippen LogP contribution in [0.1, 0.15) is 26.2 Å². The van der Waals surface area contributed by atoms with Crippen LogP contribution in [0.4, 0.5) is 0 Å². The molecule has 0 bridgehead atoms. The number of Topliss-reactive ketones (excluding diaryl/α,β-unsaturated/α-hetero) is 1. The second-order valence-corrected chi connectivity index (χ2v) is 5.91.